The maximum Gasteiger partial charge on any atom is 0.225 e. The van der Waals surface area contributed by atoms with Gasteiger partial charge in [-0.1, -0.05) is 24.3 Å². The number of hydrogen-bond donors (Lipinski definition) is 1. The molecule has 0 aliphatic heterocycles. The number of benzene rings is 1. The van der Waals surface area contributed by atoms with Crippen molar-refractivity contribution in [3.05, 3.63) is 59.4 Å². The molecule has 1 N–H and O–H groups in total. The first-order valence-electron chi connectivity index (χ1n) is 7.98. The Balaban J connectivity index is 2.02. The first-order chi connectivity index (χ1) is 11.8. The molecule has 2 rings (SSSR count). The summed E-state index contributed by atoms with van der Waals surface area (Å²) in [6.07, 6.45) is 2.83. The number of carbonyl (C=O) groups is 1. The monoisotopic (exact) mass is 361 g/mol. The van der Waals surface area contributed by atoms with Crippen LogP contribution in [0.1, 0.15) is 23.2 Å². The van der Waals surface area contributed by atoms with Crippen molar-refractivity contribution in [2.75, 3.05) is 18.1 Å². The van der Waals surface area contributed by atoms with E-state index in [0.29, 0.717) is 5.69 Å². The Morgan fingerprint density at radius 3 is 2.36 bits per heavy atom. The van der Waals surface area contributed by atoms with Crippen molar-refractivity contribution in [1.82, 2.24) is 9.29 Å². The molecule has 0 bridgehead atoms. The summed E-state index contributed by atoms with van der Waals surface area (Å²) in [7, 11) is -3.43. The molecule has 0 unspecified atom stereocenters. The van der Waals surface area contributed by atoms with Crippen molar-refractivity contribution >= 4 is 21.6 Å². The van der Waals surface area contributed by atoms with Gasteiger partial charge in [-0.15, -0.1) is 0 Å². The molecule has 1 amide bonds. The number of para-hydroxylation sites is 1. The van der Waals surface area contributed by atoms with Gasteiger partial charge in [0.05, 0.1) is 18.5 Å². The molecule has 0 aliphatic rings. The normalized spacial score (nSPS) is 11.5. The van der Waals surface area contributed by atoms with Crippen LogP contribution in [0.25, 0.3) is 0 Å². The fourth-order valence-electron chi connectivity index (χ4n) is 2.47. The first kappa shape index (κ1) is 19.1. The van der Waals surface area contributed by atoms with E-state index < -0.39 is 10.0 Å². The number of nitrogens with zero attached hydrogens (tertiary/aromatic N) is 2. The van der Waals surface area contributed by atoms with E-state index in [2.05, 4.69) is 10.3 Å². The highest BCUT2D eigenvalue weighted by molar-refractivity contribution is 7.88. The number of sulfonamides is 1. The SMILES string of the molecule is Cc1cccc(C)c1NC(=O)CCN(Cc1ccccn1)S(C)(=O)=O. The third-order valence-electron chi connectivity index (χ3n) is 3.87. The van der Waals surface area contributed by atoms with Gasteiger partial charge in [0.25, 0.3) is 0 Å². The molecule has 0 atom stereocenters. The molecule has 134 valence electrons. The summed E-state index contributed by atoms with van der Waals surface area (Å²) in [5.74, 6) is -0.216. The van der Waals surface area contributed by atoms with Crippen molar-refractivity contribution in [1.29, 1.82) is 0 Å². The summed E-state index contributed by atoms with van der Waals surface area (Å²) in [6.45, 7) is 4.10. The van der Waals surface area contributed by atoms with Gasteiger partial charge in [-0.25, -0.2) is 8.42 Å². The predicted octanol–water partition coefficient (Wildman–Crippen LogP) is 2.49. The van der Waals surface area contributed by atoms with Crippen LogP contribution in [0.4, 0.5) is 5.69 Å². The lowest BCUT2D eigenvalue weighted by atomic mass is 10.1. The van der Waals surface area contributed by atoms with Crippen molar-refractivity contribution in [3.63, 3.8) is 0 Å². The largest absolute Gasteiger partial charge is 0.326 e. The topological polar surface area (TPSA) is 79.4 Å². The lowest BCUT2D eigenvalue weighted by Crippen LogP contribution is -2.33. The van der Waals surface area contributed by atoms with Crippen molar-refractivity contribution in [2.24, 2.45) is 0 Å². The van der Waals surface area contributed by atoms with Crippen LogP contribution in [0.15, 0.2) is 42.6 Å². The summed E-state index contributed by atoms with van der Waals surface area (Å²) in [5.41, 5.74) is 3.37. The van der Waals surface area contributed by atoms with Gasteiger partial charge >= 0.3 is 0 Å². The Morgan fingerprint density at radius 2 is 1.80 bits per heavy atom. The molecule has 1 aromatic heterocycles. The Morgan fingerprint density at radius 1 is 1.12 bits per heavy atom. The van der Waals surface area contributed by atoms with Gasteiger partial charge in [0, 0.05) is 24.8 Å². The number of nitrogens with one attached hydrogen (secondary N) is 1. The Bertz CT molecular complexity index is 816. The zero-order chi connectivity index (χ0) is 18.4. The molecule has 2 aromatic rings. The molecule has 7 heteroatoms. The van der Waals surface area contributed by atoms with Gasteiger partial charge in [0.2, 0.25) is 15.9 Å². The lowest BCUT2D eigenvalue weighted by molar-refractivity contribution is -0.116. The molecular weight excluding hydrogens is 338 g/mol. The van der Waals surface area contributed by atoms with Gasteiger partial charge in [0.1, 0.15) is 0 Å². The molecule has 0 radical (unpaired) electrons. The van der Waals surface area contributed by atoms with Crippen LogP contribution in [-0.2, 0) is 21.4 Å². The Hall–Kier alpha value is -2.25. The van der Waals surface area contributed by atoms with Gasteiger partial charge in [-0.3, -0.25) is 9.78 Å². The summed E-state index contributed by atoms with van der Waals surface area (Å²) in [5, 5.41) is 2.87. The predicted molar refractivity (Wildman–Crippen MR) is 98.7 cm³/mol. The zero-order valence-electron chi connectivity index (χ0n) is 14.7. The molecule has 0 spiro atoms. The fraction of sp³-hybridized carbons (Fsp3) is 0.333. The van der Waals surface area contributed by atoms with Crippen LogP contribution < -0.4 is 5.32 Å². The molecule has 0 saturated heterocycles. The Labute approximate surface area is 148 Å². The highest BCUT2D eigenvalue weighted by atomic mass is 32.2. The van der Waals surface area contributed by atoms with Gasteiger partial charge in [-0.05, 0) is 37.1 Å². The molecular formula is C18H23N3O3S. The van der Waals surface area contributed by atoms with Crippen LogP contribution >= 0.6 is 0 Å². The zero-order valence-corrected chi connectivity index (χ0v) is 15.5. The lowest BCUT2D eigenvalue weighted by Gasteiger charge is -2.19. The van der Waals surface area contributed by atoms with E-state index in [0.717, 1.165) is 23.1 Å². The van der Waals surface area contributed by atoms with Crippen LogP contribution in [0, 0.1) is 13.8 Å². The van der Waals surface area contributed by atoms with E-state index in [-0.39, 0.29) is 25.4 Å². The van der Waals surface area contributed by atoms with Crippen molar-refractivity contribution in [3.8, 4) is 0 Å². The van der Waals surface area contributed by atoms with Crippen LogP contribution in [0.3, 0.4) is 0 Å². The number of carbonyl (C=O) groups excluding carboxylic acids is 1. The summed E-state index contributed by atoms with van der Waals surface area (Å²) in [6, 6.07) is 11.1. The number of anilines is 1. The third-order valence-corrected chi connectivity index (χ3v) is 5.12. The van der Waals surface area contributed by atoms with Crippen LogP contribution in [0.2, 0.25) is 0 Å². The first-order valence-corrected chi connectivity index (χ1v) is 9.83. The molecule has 25 heavy (non-hydrogen) atoms. The highest BCUT2D eigenvalue weighted by Gasteiger charge is 2.19. The summed E-state index contributed by atoms with van der Waals surface area (Å²) < 4.78 is 25.2. The standard InChI is InChI=1S/C18H23N3O3S/c1-14-7-6-8-15(2)18(14)20-17(22)10-12-21(25(3,23)24)13-16-9-4-5-11-19-16/h4-9,11H,10,12-13H2,1-3H3,(H,20,22). The second-order valence-electron chi connectivity index (χ2n) is 5.98. The number of hydrogen-bond acceptors (Lipinski definition) is 4. The van der Waals surface area contributed by atoms with E-state index in [1.165, 1.54) is 4.31 Å². The second-order valence-corrected chi connectivity index (χ2v) is 7.97. The van der Waals surface area contributed by atoms with E-state index in [4.69, 9.17) is 0 Å². The minimum Gasteiger partial charge on any atom is -0.326 e. The molecule has 1 heterocycles. The average molecular weight is 361 g/mol. The Kier molecular flexibility index (Phi) is 6.27. The van der Waals surface area contributed by atoms with Gasteiger partial charge in [0.15, 0.2) is 0 Å². The number of aromatic nitrogens is 1. The smallest absolute Gasteiger partial charge is 0.225 e. The minimum atomic E-state index is -3.43. The number of aryl methyl sites for hydroxylation is 2. The van der Waals surface area contributed by atoms with Crippen LogP contribution in [-0.4, -0.2) is 36.4 Å². The number of amides is 1. The van der Waals surface area contributed by atoms with Crippen LogP contribution in [0.5, 0.6) is 0 Å². The highest BCUT2D eigenvalue weighted by Crippen LogP contribution is 2.19. The average Bonchev–Trinajstić information content (AvgIpc) is 2.55. The quantitative estimate of drug-likeness (QED) is 0.822. The van der Waals surface area contributed by atoms with Gasteiger partial charge < -0.3 is 5.32 Å². The molecule has 1 aromatic carbocycles. The molecule has 6 nitrogen and oxygen atoms in total. The maximum absolute atomic E-state index is 12.3. The van der Waals surface area contributed by atoms with E-state index >= 15 is 0 Å². The molecule has 0 aliphatic carbocycles. The van der Waals surface area contributed by atoms with Crippen molar-refractivity contribution in [2.45, 2.75) is 26.8 Å². The van der Waals surface area contributed by atoms with E-state index in [1.807, 2.05) is 32.0 Å². The number of pyridine rings is 1. The molecule has 0 fully saturated rings. The third kappa shape index (κ3) is 5.65. The van der Waals surface area contributed by atoms with E-state index in [9.17, 15) is 13.2 Å². The summed E-state index contributed by atoms with van der Waals surface area (Å²) in [4.78, 5) is 16.4. The molecule has 0 saturated carbocycles. The fourth-order valence-corrected chi connectivity index (χ4v) is 3.26. The maximum atomic E-state index is 12.3. The van der Waals surface area contributed by atoms with E-state index in [1.54, 1.807) is 24.4 Å². The van der Waals surface area contributed by atoms with Gasteiger partial charge in [-0.2, -0.15) is 4.31 Å². The van der Waals surface area contributed by atoms with Crippen molar-refractivity contribution < 1.29 is 13.2 Å². The minimum absolute atomic E-state index is 0.0771. The second kappa shape index (κ2) is 8.22. The summed E-state index contributed by atoms with van der Waals surface area (Å²) >= 11 is 0. The number of rotatable bonds is 7.